The van der Waals surface area contributed by atoms with Gasteiger partial charge in [-0.1, -0.05) is 146 Å². The molecule has 0 saturated heterocycles. The van der Waals surface area contributed by atoms with Gasteiger partial charge in [-0.25, -0.2) is 0 Å². The first-order chi connectivity index (χ1) is 28.7. The molecule has 12 rings (SSSR count). The Labute approximate surface area is 343 Å². The van der Waals surface area contributed by atoms with Crippen molar-refractivity contribution in [1.82, 2.24) is 0 Å². The summed E-state index contributed by atoms with van der Waals surface area (Å²) in [7, 11) is 0. The van der Waals surface area contributed by atoms with Gasteiger partial charge in [-0.2, -0.15) is 0 Å². The second kappa shape index (κ2) is 13.3. The summed E-state index contributed by atoms with van der Waals surface area (Å²) in [4.78, 5) is 2.39. The van der Waals surface area contributed by atoms with Crippen LogP contribution < -0.4 is 4.90 Å². The van der Waals surface area contributed by atoms with Crippen LogP contribution in [0, 0.1) is 0 Å². The maximum atomic E-state index is 6.45. The third-order valence-corrected chi connectivity index (χ3v) is 13.9. The molecule has 4 heteroatoms. The molecule has 0 radical (unpaired) electrons. The number of benzene rings is 9. The molecule has 0 fully saturated rings. The van der Waals surface area contributed by atoms with Crippen molar-refractivity contribution >= 4 is 102 Å². The lowest BCUT2D eigenvalue weighted by atomic mass is 9.99. The zero-order valence-corrected chi connectivity index (χ0v) is 32.9. The number of anilines is 3. The zero-order chi connectivity index (χ0) is 38.2. The quantitative estimate of drug-likeness (QED) is 0.167. The Bertz CT molecular complexity index is 3500. The van der Waals surface area contributed by atoms with Gasteiger partial charge < -0.3 is 9.32 Å². The molecule has 9 aromatic carbocycles. The van der Waals surface area contributed by atoms with E-state index in [0.29, 0.717) is 0 Å². The van der Waals surface area contributed by atoms with Crippen LogP contribution in [-0.2, 0) is 0 Å². The molecule has 0 aliphatic rings. The Balaban J connectivity index is 0.957. The minimum atomic E-state index is 0.877. The Morgan fingerprint density at radius 2 is 0.914 bits per heavy atom. The van der Waals surface area contributed by atoms with Crippen LogP contribution in [0.1, 0.15) is 0 Å². The van der Waals surface area contributed by atoms with Crippen molar-refractivity contribution in [1.29, 1.82) is 0 Å². The van der Waals surface area contributed by atoms with E-state index in [1.54, 1.807) is 0 Å². The van der Waals surface area contributed by atoms with Crippen LogP contribution in [-0.4, -0.2) is 0 Å². The summed E-state index contributed by atoms with van der Waals surface area (Å²) in [5.74, 6) is 0. The number of nitrogens with zero attached hydrogens (tertiary/aromatic N) is 1. The van der Waals surface area contributed by atoms with Crippen LogP contribution in [0.5, 0.6) is 0 Å². The lowest BCUT2D eigenvalue weighted by molar-refractivity contribution is 0.669. The molecule has 0 N–H and O–H groups in total. The normalized spacial score (nSPS) is 11.8. The zero-order valence-electron chi connectivity index (χ0n) is 31.2. The second-order valence-electron chi connectivity index (χ2n) is 14.9. The molecule has 0 amide bonds. The molecule has 0 aliphatic carbocycles. The molecule has 3 heterocycles. The summed E-state index contributed by atoms with van der Waals surface area (Å²) in [5.41, 5.74) is 12.4. The van der Waals surface area contributed by atoms with Crippen molar-refractivity contribution in [2.24, 2.45) is 0 Å². The summed E-state index contributed by atoms with van der Waals surface area (Å²) >= 11 is 3.74. The average Bonchev–Trinajstić information content (AvgIpc) is 3.98. The van der Waals surface area contributed by atoms with E-state index < -0.39 is 0 Å². The second-order valence-corrected chi connectivity index (χ2v) is 17.0. The van der Waals surface area contributed by atoms with E-state index in [0.717, 1.165) is 39.0 Å². The molecule has 12 aromatic rings. The first-order valence-electron chi connectivity index (χ1n) is 19.6. The molecule has 0 unspecified atom stereocenters. The van der Waals surface area contributed by atoms with Gasteiger partial charge in [0.1, 0.15) is 11.2 Å². The largest absolute Gasteiger partial charge is 0.456 e. The van der Waals surface area contributed by atoms with Crippen LogP contribution in [0.15, 0.2) is 205 Å². The van der Waals surface area contributed by atoms with E-state index in [1.165, 1.54) is 73.7 Å². The monoisotopic (exact) mass is 775 g/mol. The van der Waals surface area contributed by atoms with Gasteiger partial charge in [-0.15, -0.1) is 22.7 Å². The van der Waals surface area contributed by atoms with Crippen LogP contribution in [0.4, 0.5) is 17.1 Å². The minimum Gasteiger partial charge on any atom is -0.456 e. The van der Waals surface area contributed by atoms with Gasteiger partial charge in [-0.05, 0) is 81.9 Å². The number of hydrogen-bond donors (Lipinski definition) is 0. The standard InChI is InChI=1S/C54H33NOS2/c1-2-10-37(11-3-1)41-14-8-15-46-47-16-9-17-48(54(47)58-53(41)46)55(40-29-31-43-42-12-4-6-18-49(42)56-50(43)33-40)39-27-24-35(25-28-39)34-20-22-36(23-21-34)38-26-30-45-44-13-5-7-19-51(44)57-52(45)32-38/h1-33H. The highest BCUT2D eigenvalue weighted by molar-refractivity contribution is 7.27. The molecule has 0 saturated carbocycles. The Kier molecular flexibility index (Phi) is 7.62. The highest BCUT2D eigenvalue weighted by atomic mass is 32.1. The fourth-order valence-corrected chi connectivity index (χ4v) is 11.2. The maximum absolute atomic E-state index is 6.45. The third-order valence-electron chi connectivity index (χ3n) is 11.5. The number of furan rings is 1. The van der Waals surface area contributed by atoms with Gasteiger partial charge >= 0.3 is 0 Å². The highest BCUT2D eigenvalue weighted by Crippen LogP contribution is 2.48. The number of rotatable bonds is 6. The predicted octanol–water partition coefficient (Wildman–Crippen LogP) is 16.8. The molecule has 272 valence electrons. The summed E-state index contributed by atoms with van der Waals surface area (Å²) in [6.07, 6.45) is 0. The van der Waals surface area contributed by atoms with E-state index in [1.807, 2.05) is 34.8 Å². The van der Waals surface area contributed by atoms with Crippen LogP contribution in [0.3, 0.4) is 0 Å². The lowest BCUT2D eigenvalue weighted by Gasteiger charge is -2.26. The van der Waals surface area contributed by atoms with Crippen molar-refractivity contribution < 1.29 is 4.42 Å². The van der Waals surface area contributed by atoms with E-state index in [-0.39, 0.29) is 0 Å². The fraction of sp³-hybridized carbons (Fsp3) is 0. The van der Waals surface area contributed by atoms with Gasteiger partial charge in [0.05, 0.1) is 10.4 Å². The maximum Gasteiger partial charge on any atom is 0.137 e. The predicted molar refractivity (Wildman–Crippen MR) is 250 cm³/mol. The third kappa shape index (κ3) is 5.37. The lowest BCUT2D eigenvalue weighted by Crippen LogP contribution is -2.10. The van der Waals surface area contributed by atoms with Crippen molar-refractivity contribution in [3.8, 4) is 33.4 Å². The van der Waals surface area contributed by atoms with E-state index >= 15 is 0 Å². The van der Waals surface area contributed by atoms with Gasteiger partial charge in [0, 0.05) is 63.9 Å². The average molecular weight is 776 g/mol. The Hall–Kier alpha value is -6.98. The SMILES string of the molecule is c1ccc(-c2cccc3c2sc2c(N(c4ccc(-c5ccc(-c6ccc7c(c6)sc6ccccc67)cc5)cc4)c4ccc5c(c4)oc4ccccc45)cccc23)cc1. The molecule has 58 heavy (non-hydrogen) atoms. The highest BCUT2D eigenvalue weighted by Gasteiger charge is 2.21. The van der Waals surface area contributed by atoms with Gasteiger partial charge in [0.2, 0.25) is 0 Å². The van der Waals surface area contributed by atoms with Crippen LogP contribution in [0.2, 0.25) is 0 Å². The molecule has 0 bridgehead atoms. The van der Waals surface area contributed by atoms with E-state index in [2.05, 4.69) is 193 Å². The molecule has 0 atom stereocenters. The molecule has 2 nitrogen and oxygen atoms in total. The molecule has 0 spiro atoms. The van der Waals surface area contributed by atoms with Crippen molar-refractivity contribution in [3.05, 3.63) is 200 Å². The first-order valence-corrected chi connectivity index (χ1v) is 21.2. The number of fused-ring (bicyclic) bond motifs is 9. The van der Waals surface area contributed by atoms with Crippen molar-refractivity contribution in [2.45, 2.75) is 0 Å². The smallest absolute Gasteiger partial charge is 0.137 e. The molecular weight excluding hydrogens is 743 g/mol. The molecule has 3 aromatic heterocycles. The van der Waals surface area contributed by atoms with Crippen LogP contribution >= 0.6 is 22.7 Å². The van der Waals surface area contributed by atoms with Gasteiger partial charge in [-0.3, -0.25) is 0 Å². The summed E-state index contributed by atoms with van der Waals surface area (Å²) in [6, 6.07) is 72.6. The summed E-state index contributed by atoms with van der Waals surface area (Å²) in [6.45, 7) is 0. The minimum absolute atomic E-state index is 0.877. The topological polar surface area (TPSA) is 16.4 Å². The number of thiophene rings is 2. The van der Waals surface area contributed by atoms with Gasteiger partial charge in [0.25, 0.3) is 0 Å². The first kappa shape index (κ1) is 33.2. The molecule has 0 aliphatic heterocycles. The Morgan fingerprint density at radius 3 is 1.74 bits per heavy atom. The van der Waals surface area contributed by atoms with Crippen LogP contribution in [0.25, 0.3) is 95.7 Å². The summed E-state index contributed by atoms with van der Waals surface area (Å²) in [5, 5.41) is 7.44. The van der Waals surface area contributed by atoms with Crippen molar-refractivity contribution in [3.63, 3.8) is 0 Å². The molecular formula is C54H33NOS2. The number of para-hydroxylation sites is 1. The number of hydrogen-bond acceptors (Lipinski definition) is 4. The van der Waals surface area contributed by atoms with Crippen molar-refractivity contribution in [2.75, 3.05) is 4.90 Å². The fourth-order valence-electron chi connectivity index (χ4n) is 8.67. The van der Waals surface area contributed by atoms with E-state index in [9.17, 15) is 0 Å². The van der Waals surface area contributed by atoms with E-state index in [4.69, 9.17) is 4.42 Å². The van der Waals surface area contributed by atoms with Gasteiger partial charge in [0.15, 0.2) is 0 Å². The Morgan fingerprint density at radius 1 is 0.328 bits per heavy atom. The summed E-state index contributed by atoms with van der Waals surface area (Å²) < 4.78 is 11.6.